The molecule has 2 N–H and O–H groups in total. The van der Waals surface area contributed by atoms with Crippen molar-refractivity contribution in [2.24, 2.45) is 5.73 Å². The molecule has 0 radical (unpaired) electrons. The van der Waals surface area contributed by atoms with Gasteiger partial charge in [-0.1, -0.05) is 17.7 Å². The van der Waals surface area contributed by atoms with Gasteiger partial charge in [-0.3, -0.25) is 0 Å². The van der Waals surface area contributed by atoms with Crippen molar-refractivity contribution in [1.29, 1.82) is 0 Å². The molecule has 1 heterocycles. The Morgan fingerprint density at radius 1 is 1.05 bits per heavy atom. The van der Waals surface area contributed by atoms with Crippen molar-refractivity contribution in [2.45, 2.75) is 20.0 Å². The van der Waals surface area contributed by atoms with Crippen molar-refractivity contribution in [1.82, 2.24) is 4.57 Å². The number of rotatable bonds is 3. The van der Waals surface area contributed by atoms with Gasteiger partial charge >= 0.3 is 0 Å². The standard InChI is InChI=1S/C17H17FN2/c1-12-2-5-17-13(8-12)6-7-20(17)11-15-9-16(18)4-3-14(15)10-19/h2-9H,10-11,19H2,1H3. The summed E-state index contributed by atoms with van der Waals surface area (Å²) in [6, 6.07) is 13.2. The van der Waals surface area contributed by atoms with Gasteiger partial charge in [0.1, 0.15) is 5.82 Å². The van der Waals surface area contributed by atoms with Crippen molar-refractivity contribution in [2.75, 3.05) is 0 Å². The fraction of sp³-hybridized carbons (Fsp3) is 0.176. The van der Waals surface area contributed by atoms with Crippen molar-refractivity contribution in [3.63, 3.8) is 0 Å². The molecule has 0 unspecified atom stereocenters. The van der Waals surface area contributed by atoms with Crippen LogP contribution < -0.4 is 5.73 Å². The van der Waals surface area contributed by atoms with Gasteiger partial charge in [-0.25, -0.2) is 4.39 Å². The molecule has 0 atom stereocenters. The number of halogens is 1. The lowest BCUT2D eigenvalue weighted by atomic mass is 10.1. The predicted octanol–water partition coefficient (Wildman–Crippen LogP) is 3.60. The number of fused-ring (bicyclic) bond motifs is 1. The van der Waals surface area contributed by atoms with Crippen LogP contribution in [0.3, 0.4) is 0 Å². The molecule has 20 heavy (non-hydrogen) atoms. The third kappa shape index (κ3) is 2.32. The topological polar surface area (TPSA) is 30.9 Å². The highest BCUT2D eigenvalue weighted by molar-refractivity contribution is 5.80. The maximum atomic E-state index is 13.4. The van der Waals surface area contributed by atoms with E-state index in [4.69, 9.17) is 5.73 Å². The van der Waals surface area contributed by atoms with E-state index in [1.165, 1.54) is 17.0 Å². The Hall–Kier alpha value is -2.13. The third-order valence-electron chi connectivity index (χ3n) is 3.66. The summed E-state index contributed by atoms with van der Waals surface area (Å²) in [5.74, 6) is -0.218. The normalized spacial score (nSPS) is 11.2. The van der Waals surface area contributed by atoms with Gasteiger partial charge in [0, 0.05) is 24.8 Å². The number of nitrogens with zero attached hydrogens (tertiary/aromatic N) is 1. The van der Waals surface area contributed by atoms with Crippen LogP contribution in [0.5, 0.6) is 0 Å². The van der Waals surface area contributed by atoms with Crippen LogP contribution in [0.2, 0.25) is 0 Å². The summed E-state index contributed by atoms with van der Waals surface area (Å²) in [5, 5.41) is 1.20. The molecule has 3 heteroatoms. The summed E-state index contributed by atoms with van der Waals surface area (Å²) in [6.07, 6.45) is 2.04. The smallest absolute Gasteiger partial charge is 0.123 e. The molecular formula is C17H17FN2. The first kappa shape index (κ1) is 12.9. The molecule has 2 nitrogen and oxygen atoms in total. The van der Waals surface area contributed by atoms with Crippen LogP contribution in [-0.2, 0) is 13.1 Å². The fourth-order valence-electron chi connectivity index (χ4n) is 2.58. The Labute approximate surface area is 117 Å². The van der Waals surface area contributed by atoms with E-state index in [1.54, 1.807) is 12.1 Å². The van der Waals surface area contributed by atoms with Crippen LogP contribution in [0.25, 0.3) is 10.9 Å². The average Bonchev–Trinajstić information content (AvgIpc) is 2.81. The fourth-order valence-corrected chi connectivity index (χ4v) is 2.58. The molecule has 1 aromatic heterocycles. The van der Waals surface area contributed by atoms with Crippen LogP contribution in [0.15, 0.2) is 48.7 Å². The molecular weight excluding hydrogens is 251 g/mol. The van der Waals surface area contributed by atoms with Crippen LogP contribution in [0.1, 0.15) is 16.7 Å². The van der Waals surface area contributed by atoms with Crippen molar-refractivity contribution >= 4 is 10.9 Å². The average molecular weight is 268 g/mol. The maximum absolute atomic E-state index is 13.4. The van der Waals surface area contributed by atoms with E-state index in [1.807, 2.05) is 6.20 Å². The van der Waals surface area contributed by atoms with Gasteiger partial charge in [0.2, 0.25) is 0 Å². The van der Waals surface area contributed by atoms with E-state index in [-0.39, 0.29) is 5.82 Å². The van der Waals surface area contributed by atoms with Gasteiger partial charge in [-0.05, 0) is 53.8 Å². The van der Waals surface area contributed by atoms with E-state index < -0.39 is 0 Å². The lowest BCUT2D eigenvalue weighted by molar-refractivity contribution is 0.622. The molecule has 0 saturated heterocycles. The molecule has 0 aliphatic carbocycles. The van der Waals surface area contributed by atoms with Gasteiger partial charge < -0.3 is 10.3 Å². The zero-order valence-electron chi connectivity index (χ0n) is 11.4. The van der Waals surface area contributed by atoms with E-state index in [9.17, 15) is 4.39 Å². The third-order valence-corrected chi connectivity index (χ3v) is 3.66. The monoisotopic (exact) mass is 268 g/mol. The highest BCUT2D eigenvalue weighted by atomic mass is 19.1. The number of nitrogens with two attached hydrogens (primary N) is 1. The predicted molar refractivity (Wildman–Crippen MR) is 80.1 cm³/mol. The second-order valence-corrected chi connectivity index (χ2v) is 5.12. The van der Waals surface area contributed by atoms with Crippen LogP contribution in [0.4, 0.5) is 4.39 Å². The van der Waals surface area contributed by atoms with Crippen LogP contribution in [0, 0.1) is 12.7 Å². The molecule has 102 valence electrons. The molecule has 0 saturated carbocycles. The Bertz CT molecular complexity index is 759. The van der Waals surface area contributed by atoms with Crippen LogP contribution >= 0.6 is 0 Å². The zero-order chi connectivity index (χ0) is 14.1. The summed E-state index contributed by atoms with van der Waals surface area (Å²) in [7, 11) is 0. The lowest BCUT2D eigenvalue weighted by Gasteiger charge is -2.10. The van der Waals surface area contributed by atoms with E-state index in [0.29, 0.717) is 13.1 Å². The quantitative estimate of drug-likeness (QED) is 0.773. The molecule has 0 bridgehead atoms. The lowest BCUT2D eigenvalue weighted by Crippen LogP contribution is -2.06. The summed E-state index contributed by atoms with van der Waals surface area (Å²) in [6.45, 7) is 3.14. The van der Waals surface area contributed by atoms with E-state index in [2.05, 4.69) is 35.8 Å². The number of benzene rings is 2. The summed E-state index contributed by atoms with van der Waals surface area (Å²) < 4.78 is 15.6. The van der Waals surface area contributed by atoms with Gasteiger partial charge in [0.25, 0.3) is 0 Å². The summed E-state index contributed by atoms with van der Waals surface area (Å²) >= 11 is 0. The minimum atomic E-state index is -0.218. The highest BCUT2D eigenvalue weighted by Gasteiger charge is 2.06. The Morgan fingerprint density at radius 2 is 1.90 bits per heavy atom. The summed E-state index contributed by atoms with van der Waals surface area (Å²) in [4.78, 5) is 0. The second kappa shape index (κ2) is 5.10. The summed E-state index contributed by atoms with van der Waals surface area (Å²) in [5.41, 5.74) is 10.0. The van der Waals surface area contributed by atoms with Crippen molar-refractivity contribution < 1.29 is 4.39 Å². The largest absolute Gasteiger partial charge is 0.343 e. The van der Waals surface area contributed by atoms with E-state index in [0.717, 1.165) is 16.6 Å². The SMILES string of the molecule is Cc1ccc2c(ccn2Cc2cc(F)ccc2CN)c1. The maximum Gasteiger partial charge on any atom is 0.123 e. The number of hydrogen-bond donors (Lipinski definition) is 1. The first-order chi connectivity index (χ1) is 9.67. The van der Waals surface area contributed by atoms with Crippen LogP contribution in [-0.4, -0.2) is 4.57 Å². The Kier molecular flexibility index (Phi) is 3.28. The zero-order valence-corrected chi connectivity index (χ0v) is 11.4. The molecule has 0 spiro atoms. The van der Waals surface area contributed by atoms with E-state index >= 15 is 0 Å². The van der Waals surface area contributed by atoms with Crippen molar-refractivity contribution in [3.05, 3.63) is 71.2 Å². The first-order valence-electron chi connectivity index (χ1n) is 6.70. The minimum Gasteiger partial charge on any atom is -0.343 e. The molecule has 0 amide bonds. The van der Waals surface area contributed by atoms with Gasteiger partial charge in [-0.2, -0.15) is 0 Å². The molecule has 0 aliphatic heterocycles. The molecule has 3 rings (SSSR count). The molecule has 0 fully saturated rings. The molecule has 3 aromatic rings. The van der Waals surface area contributed by atoms with Gasteiger partial charge in [0.15, 0.2) is 0 Å². The molecule has 0 aliphatic rings. The Morgan fingerprint density at radius 3 is 2.70 bits per heavy atom. The first-order valence-corrected chi connectivity index (χ1v) is 6.70. The number of aryl methyl sites for hydroxylation is 1. The minimum absolute atomic E-state index is 0.218. The van der Waals surface area contributed by atoms with Crippen molar-refractivity contribution in [3.8, 4) is 0 Å². The highest BCUT2D eigenvalue weighted by Crippen LogP contribution is 2.20. The van der Waals surface area contributed by atoms with Gasteiger partial charge in [-0.15, -0.1) is 0 Å². The number of aromatic nitrogens is 1. The number of hydrogen-bond acceptors (Lipinski definition) is 1. The second-order valence-electron chi connectivity index (χ2n) is 5.12. The Balaban J connectivity index is 2.03. The van der Waals surface area contributed by atoms with Gasteiger partial charge in [0.05, 0.1) is 0 Å². The molecule has 2 aromatic carbocycles.